The summed E-state index contributed by atoms with van der Waals surface area (Å²) < 4.78 is 32.1. The number of likely N-dealkylation sites (N-methyl/N-ethyl adjacent to an activating group) is 1. The minimum absolute atomic E-state index is 0.144. The number of nitro benzene ring substituents is 1. The molecule has 3 rings (SSSR count). The topological polar surface area (TPSA) is 110 Å². The Labute approximate surface area is 181 Å². The van der Waals surface area contributed by atoms with E-state index in [-0.39, 0.29) is 23.2 Å². The maximum absolute atomic E-state index is 12.7. The number of nitro groups is 1. The fraction of sp³-hybridized carbons (Fsp3) is 0.381. The molecule has 0 atom stereocenters. The van der Waals surface area contributed by atoms with Crippen molar-refractivity contribution in [1.82, 2.24) is 9.21 Å². The van der Waals surface area contributed by atoms with Crippen LogP contribution in [0.4, 0.5) is 5.69 Å². The van der Waals surface area contributed by atoms with Gasteiger partial charge >= 0.3 is 5.69 Å². The molecule has 2 aromatic carbocycles. The van der Waals surface area contributed by atoms with Gasteiger partial charge in [0.05, 0.1) is 9.82 Å². The van der Waals surface area contributed by atoms with Gasteiger partial charge in [-0.3, -0.25) is 14.9 Å². The highest BCUT2D eigenvalue weighted by atomic mass is 32.2. The summed E-state index contributed by atoms with van der Waals surface area (Å²) in [5.74, 6) is -0.469. The molecule has 0 bridgehead atoms. The lowest BCUT2D eigenvalue weighted by Crippen LogP contribution is -2.34. The van der Waals surface area contributed by atoms with Crippen molar-refractivity contribution in [3.05, 3.63) is 64.2 Å². The van der Waals surface area contributed by atoms with E-state index in [0.717, 1.165) is 24.5 Å². The van der Waals surface area contributed by atoms with Gasteiger partial charge in [-0.25, -0.2) is 8.42 Å². The van der Waals surface area contributed by atoms with E-state index in [1.807, 2.05) is 37.3 Å². The minimum Gasteiger partial charge on any atom is -0.477 e. The Morgan fingerprint density at radius 1 is 1.16 bits per heavy atom. The first-order chi connectivity index (χ1) is 14.8. The number of ether oxygens (including phenoxy) is 1. The second-order valence-corrected chi connectivity index (χ2v) is 9.12. The van der Waals surface area contributed by atoms with E-state index < -0.39 is 20.6 Å². The van der Waals surface area contributed by atoms with Gasteiger partial charge in [0.25, 0.3) is 5.91 Å². The molecule has 0 N–H and O–H groups in total. The number of hydrogen-bond donors (Lipinski definition) is 0. The van der Waals surface area contributed by atoms with Crippen LogP contribution in [0.1, 0.15) is 25.3 Å². The number of nitrogens with zero attached hydrogens (tertiary/aromatic N) is 3. The summed E-state index contributed by atoms with van der Waals surface area (Å²) in [4.78, 5) is 24.8. The van der Waals surface area contributed by atoms with Gasteiger partial charge in [0.15, 0.2) is 12.4 Å². The van der Waals surface area contributed by atoms with E-state index in [4.69, 9.17) is 4.74 Å². The molecule has 9 nitrogen and oxygen atoms in total. The van der Waals surface area contributed by atoms with E-state index in [0.29, 0.717) is 26.2 Å². The molecule has 1 aliphatic heterocycles. The molecule has 2 aromatic rings. The van der Waals surface area contributed by atoms with E-state index in [9.17, 15) is 23.3 Å². The number of amides is 1. The Balaban J connectivity index is 1.73. The molecule has 0 saturated carbocycles. The van der Waals surface area contributed by atoms with Gasteiger partial charge in [-0.15, -0.1) is 0 Å². The molecular weight excluding hydrogens is 422 g/mol. The van der Waals surface area contributed by atoms with Crippen LogP contribution in [0.3, 0.4) is 0 Å². The zero-order valence-corrected chi connectivity index (χ0v) is 18.1. The third-order valence-corrected chi connectivity index (χ3v) is 7.03. The van der Waals surface area contributed by atoms with Crippen LogP contribution < -0.4 is 4.74 Å². The smallest absolute Gasteiger partial charge is 0.312 e. The second-order valence-electron chi connectivity index (χ2n) is 7.18. The first-order valence-electron chi connectivity index (χ1n) is 10.1. The summed E-state index contributed by atoms with van der Waals surface area (Å²) >= 11 is 0. The normalized spacial score (nSPS) is 14.4. The number of carbonyl (C=O) groups is 1. The Hall–Kier alpha value is -2.98. The lowest BCUT2D eigenvalue weighted by Gasteiger charge is -2.21. The van der Waals surface area contributed by atoms with Crippen LogP contribution >= 0.6 is 0 Å². The predicted octanol–water partition coefficient (Wildman–Crippen LogP) is 2.81. The van der Waals surface area contributed by atoms with Crippen LogP contribution in [-0.2, 0) is 21.4 Å². The molecule has 1 amide bonds. The molecule has 1 heterocycles. The van der Waals surface area contributed by atoms with Crippen molar-refractivity contribution in [2.24, 2.45) is 0 Å². The average molecular weight is 448 g/mol. The maximum Gasteiger partial charge on any atom is 0.312 e. The number of hydrogen-bond acceptors (Lipinski definition) is 6. The fourth-order valence-corrected chi connectivity index (χ4v) is 4.95. The van der Waals surface area contributed by atoms with Gasteiger partial charge in [-0.1, -0.05) is 30.3 Å². The second kappa shape index (κ2) is 9.88. The summed E-state index contributed by atoms with van der Waals surface area (Å²) in [6.45, 7) is 3.09. The fourth-order valence-electron chi connectivity index (χ4n) is 3.41. The predicted molar refractivity (Wildman–Crippen MR) is 114 cm³/mol. The molecule has 0 radical (unpaired) electrons. The molecular formula is C21H25N3O6S. The van der Waals surface area contributed by atoms with Gasteiger partial charge in [0.1, 0.15) is 0 Å². The maximum atomic E-state index is 12.7. The molecule has 0 spiro atoms. The van der Waals surface area contributed by atoms with Gasteiger partial charge in [-0.2, -0.15) is 4.31 Å². The molecule has 10 heteroatoms. The SMILES string of the molecule is CCN(Cc1ccccc1)C(=O)COc1ccc(S(=O)(=O)N2CCCC2)cc1[N+](=O)[O-]. The minimum atomic E-state index is -3.80. The van der Waals surface area contributed by atoms with Crippen molar-refractivity contribution in [3.63, 3.8) is 0 Å². The highest BCUT2D eigenvalue weighted by Gasteiger charge is 2.30. The largest absolute Gasteiger partial charge is 0.477 e. The number of carbonyl (C=O) groups excluding carboxylic acids is 1. The molecule has 0 aliphatic carbocycles. The average Bonchev–Trinajstić information content (AvgIpc) is 3.32. The van der Waals surface area contributed by atoms with Crippen molar-refractivity contribution in [2.45, 2.75) is 31.2 Å². The van der Waals surface area contributed by atoms with Gasteiger partial charge in [0, 0.05) is 32.2 Å². The van der Waals surface area contributed by atoms with Crippen molar-refractivity contribution >= 4 is 21.6 Å². The van der Waals surface area contributed by atoms with Crippen molar-refractivity contribution in [2.75, 3.05) is 26.2 Å². The van der Waals surface area contributed by atoms with Crippen molar-refractivity contribution in [3.8, 4) is 5.75 Å². The molecule has 1 aliphatic rings. The summed E-state index contributed by atoms with van der Waals surface area (Å²) in [6, 6.07) is 13.0. The van der Waals surface area contributed by atoms with E-state index in [2.05, 4.69) is 0 Å². The van der Waals surface area contributed by atoms with Crippen molar-refractivity contribution < 1.29 is 22.9 Å². The Bertz CT molecular complexity index is 1040. The summed E-state index contributed by atoms with van der Waals surface area (Å²) in [5.41, 5.74) is 0.472. The lowest BCUT2D eigenvalue weighted by molar-refractivity contribution is -0.386. The number of benzene rings is 2. The third-order valence-electron chi connectivity index (χ3n) is 5.13. The first kappa shape index (κ1) is 22.7. The zero-order valence-electron chi connectivity index (χ0n) is 17.3. The summed E-state index contributed by atoms with van der Waals surface area (Å²) in [6.07, 6.45) is 1.53. The molecule has 31 heavy (non-hydrogen) atoms. The Morgan fingerprint density at radius 3 is 2.45 bits per heavy atom. The number of sulfonamides is 1. The zero-order chi connectivity index (χ0) is 22.4. The molecule has 166 valence electrons. The molecule has 0 unspecified atom stereocenters. The Kier molecular flexibility index (Phi) is 7.24. The van der Waals surface area contributed by atoms with Crippen LogP contribution in [-0.4, -0.2) is 54.7 Å². The third kappa shape index (κ3) is 5.39. The summed E-state index contributed by atoms with van der Waals surface area (Å²) in [5, 5.41) is 11.5. The highest BCUT2D eigenvalue weighted by molar-refractivity contribution is 7.89. The van der Waals surface area contributed by atoms with Crippen LogP contribution in [0.2, 0.25) is 0 Å². The van der Waals surface area contributed by atoms with Crippen molar-refractivity contribution in [1.29, 1.82) is 0 Å². The van der Waals surface area contributed by atoms with E-state index in [1.165, 1.54) is 16.4 Å². The molecule has 1 fully saturated rings. The van der Waals surface area contributed by atoms with Crippen LogP contribution in [0.5, 0.6) is 5.75 Å². The van der Waals surface area contributed by atoms with E-state index >= 15 is 0 Å². The quantitative estimate of drug-likeness (QED) is 0.432. The van der Waals surface area contributed by atoms with Crippen LogP contribution in [0.25, 0.3) is 0 Å². The lowest BCUT2D eigenvalue weighted by atomic mass is 10.2. The Morgan fingerprint density at radius 2 is 1.84 bits per heavy atom. The standard InChI is InChI=1S/C21H25N3O6S/c1-2-22(15-17-8-4-3-5-9-17)21(25)16-30-20-11-10-18(14-19(20)24(26)27)31(28,29)23-12-6-7-13-23/h3-5,8-11,14H,2,6-7,12-13,15-16H2,1H3. The van der Waals surface area contributed by atoms with E-state index in [1.54, 1.807) is 4.90 Å². The van der Waals surface area contributed by atoms with Gasteiger partial charge < -0.3 is 9.64 Å². The summed E-state index contributed by atoms with van der Waals surface area (Å²) in [7, 11) is -3.80. The first-order valence-corrected chi connectivity index (χ1v) is 11.5. The van der Waals surface area contributed by atoms with Gasteiger partial charge in [-0.05, 0) is 37.5 Å². The van der Waals surface area contributed by atoms with Crippen LogP contribution in [0.15, 0.2) is 53.4 Å². The highest BCUT2D eigenvalue weighted by Crippen LogP contribution is 2.31. The monoisotopic (exact) mass is 447 g/mol. The molecule has 0 aromatic heterocycles. The van der Waals surface area contributed by atoms with Gasteiger partial charge in [0.2, 0.25) is 10.0 Å². The number of rotatable bonds is 9. The molecule has 1 saturated heterocycles. The van der Waals surface area contributed by atoms with Crippen LogP contribution in [0, 0.1) is 10.1 Å².